The van der Waals surface area contributed by atoms with Gasteiger partial charge in [0.15, 0.2) is 0 Å². The molecule has 0 bridgehead atoms. The van der Waals surface area contributed by atoms with E-state index in [1.54, 1.807) is 24.3 Å². The molecule has 0 spiro atoms. The maximum absolute atomic E-state index is 13.0. The van der Waals surface area contributed by atoms with Crippen LogP contribution in [0.1, 0.15) is 23.2 Å². The van der Waals surface area contributed by atoms with Gasteiger partial charge in [0.1, 0.15) is 16.1 Å². The molecule has 164 valence electrons. The Bertz CT molecular complexity index is 1540. The molecule has 0 saturated carbocycles. The number of sulfonamides is 1. The van der Waals surface area contributed by atoms with Crippen LogP contribution in [0.25, 0.3) is 16.6 Å². The van der Waals surface area contributed by atoms with E-state index in [1.165, 1.54) is 33.2 Å². The number of carbonyl (C=O) groups excluding carboxylic acids is 1. The normalized spacial score (nSPS) is 14.9. The lowest BCUT2D eigenvalue weighted by atomic mass is 10.2. The van der Waals surface area contributed by atoms with Crippen LogP contribution in [0.4, 0.5) is 5.69 Å². The number of carbonyl (C=O) groups is 1. The second-order valence-electron chi connectivity index (χ2n) is 7.50. The van der Waals surface area contributed by atoms with Crippen molar-refractivity contribution in [3.63, 3.8) is 0 Å². The van der Waals surface area contributed by atoms with Crippen molar-refractivity contribution in [3.05, 3.63) is 69.6 Å². The van der Waals surface area contributed by atoms with Crippen molar-refractivity contribution in [2.75, 3.05) is 18.4 Å². The molecule has 11 heteroatoms. The van der Waals surface area contributed by atoms with Gasteiger partial charge in [0.2, 0.25) is 10.0 Å². The number of halogens is 1. The van der Waals surface area contributed by atoms with Crippen molar-refractivity contribution in [3.8, 4) is 0 Å². The van der Waals surface area contributed by atoms with E-state index in [1.807, 2.05) is 0 Å². The Kier molecular flexibility index (Phi) is 5.00. The Morgan fingerprint density at radius 3 is 2.66 bits per heavy atom. The van der Waals surface area contributed by atoms with Gasteiger partial charge < -0.3 is 10.3 Å². The number of rotatable bonds is 4. The summed E-state index contributed by atoms with van der Waals surface area (Å²) in [6, 6.07) is 11.2. The first-order valence-electron chi connectivity index (χ1n) is 9.96. The third kappa shape index (κ3) is 3.36. The van der Waals surface area contributed by atoms with Crippen molar-refractivity contribution in [1.82, 2.24) is 18.9 Å². The molecule has 4 aromatic rings. The average Bonchev–Trinajstić information content (AvgIpc) is 3.46. The Hall–Kier alpha value is -3.21. The fraction of sp³-hybridized carbons (Fsp3) is 0.190. The fourth-order valence-corrected chi connectivity index (χ4v) is 5.91. The maximum Gasteiger partial charge on any atom is 0.261 e. The van der Waals surface area contributed by atoms with Crippen LogP contribution in [0.2, 0.25) is 5.02 Å². The first kappa shape index (κ1) is 20.7. The maximum atomic E-state index is 13.0. The van der Waals surface area contributed by atoms with E-state index in [0.29, 0.717) is 24.0 Å². The predicted molar refractivity (Wildman–Crippen MR) is 121 cm³/mol. The van der Waals surface area contributed by atoms with Crippen LogP contribution in [0.5, 0.6) is 0 Å². The van der Waals surface area contributed by atoms with Gasteiger partial charge in [-0.15, -0.1) is 0 Å². The highest BCUT2D eigenvalue weighted by Gasteiger charge is 2.29. The molecule has 2 N–H and O–H groups in total. The molecule has 0 radical (unpaired) electrons. The van der Waals surface area contributed by atoms with E-state index in [0.717, 1.165) is 12.8 Å². The second-order valence-corrected chi connectivity index (χ2v) is 9.81. The summed E-state index contributed by atoms with van der Waals surface area (Å²) in [5.41, 5.74) is 0.875. The molecule has 2 aromatic heterocycles. The Morgan fingerprint density at radius 1 is 1.12 bits per heavy atom. The number of nitrogens with one attached hydrogen (secondary N) is 2. The van der Waals surface area contributed by atoms with Crippen LogP contribution in [0.3, 0.4) is 0 Å². The number of hydrogen-bond acceptors (Lipinski definition) is 5. The van der Waals surface area contributed by atoms with E-state index >= 15 is 0 Å². The van der Waals surface area contributed by atoms with Crippen molar-refractivity contribution >= 4 is 49.8 Å². The van der Waals surface area contributed by atoms with Gasteiger partial charge in [-0.3, -0.25) is 9.59 Å². The summed E-state index contributed by atoms with van der Waals surface area (Å²) >= 11 is 6.17. The molecular weight excluding hydrogens is 454 g/mol. The third-order valence-corrected chi connectivity index (χ3v) is 7.87. The van der Waals surface area contributed by atoms with E-state index in [4.69, 9.17) is 11.6 Å². The number of fused-ring (bicyclic) bond motifs is 3. The molecule has 0 unspecified atom stereocenters. The summed E-state index contributed by atoms with van der Waals surface area (Å²) in [5, 5.41) is 7.45. The zero-order valence-electron chi connectivity index (χ0n) is 16.7. The summed E-state index contributed by atoms with van der Waals surface area (Å²) < 4.78 is 28.7. The van der Waals surface area contributed by atoms with Crippen molar-refractivity contribution in [2.24, 2.45) is 0 Å². The first-order chi connectivity index (χ1) is 15.4. The van der Waals surface area contributed by atoms with Gasteiger partial charge in [0.25, 0.3) is 11.5 Å². The lowest BCUT2D eigenvalue weighted by Gasteiger charge is -2.17. The van der Waals surface area contributed by atoms with Crippen LogP contribution in [0, 0.1) is 0 Å². The number of anilines is 1. The zero-order valence-corrected chi connectivity index (χ0v) is 18.3. The molecular formula is C21H18ClN5O4S. The number of para-hydroxylation sites is 1. The van der Waals surface area contributed by atoms with Gasteiger partial charge >= 0.3 is 0 Å². The summed E-state index contributed by atoms with van der Waals surface area (Å²) in [6.07, 6.45) is 2.95. The second kappa shape index (κ2) is 7.73. The smallest absolute Gasteiger partial charge is 0.261 e. The summed E-state index contributed by atoms with van der Waals surface area (Å²) in [7, 11) is -3.76. The standard InChI is InChI=1S/C21H18ClN5O4S/c22-16-8-7-13(11-18(16)32(30,31)26-9-3-4-10-26)24-21(29)15-12-23-27-17-6-2-1-5-14(17)20(28)25-19(15)27/h1-2,5-8,11-12H,3-4,9-10H2,(H,24,29)(H,25,28). The molecule has 0 aliphatic carbocycles. The molecule has 0 atom stereocenters. The van der Waals surface area contributed by atoms with Crippen LogP contribution < -0.4 is 10.9 Å². The van der Waals surface area contributed by atoms with Crippen LogP contribution in [-0.2, 0) is 10.0 Å². The number of H-pyrrole nitrogens is 1. The molecule has 1 saturated heterocycles. The number of amides is 1. The molecule has 1 aliphatic heterocycles. The number of nitrogens with zero attached hydrogens (tertiary/aromatic N) is 3. The number of aromatic nitrogens is 3. The van der Waals surface area contributed by atoms with Gasteiger partial charge in [-0.1, -0.05) is 23.7 Å². The Balaban J connectivity index is 1.51. The van der Waals surface area contributed by atoms with Crippen LogP contribution in [-0.4, -0.2) is 46.3 Å². The van der Waals surface area contributed by atoms with Gasteiger partial charge in [-0.2, -0.15) is 9.40 Å². The highest BCUT2D eigenvalue weighted by Crippen LogP contribution is 2.30. The van der Waals surface area contributed by atoms with Crippen LogP contribution in [0.15, 0.2) is 58.4 Å². The molecule has 2 aromatic carbocycles. The monoisotopic (exact) mass is 471 g/mol. The molecule has 1 amide bonds. The number of benzene rings is 2. The SMILES string of the molecule is O=C(Nc1ccc(Cl)c(S(=O)(=O)N2CCCC2)c1)c1cnn2c1[nH]c(=O)c1ccccc12. The Morgan fingerprint density at radius 2 is 1.88 bits per heavy atom. The third-order valence-electron chi connectivity index (χ3n) is 5.49. The van der Waals surface area contributed by atoms with Gasteiger partial charge in [-0.25, -0.2) is 12.9 Å². The van der Waals surface area contributed by atoms with E-state index in [9.17, 15) is 18.0 Å². The van der Waals surface area contributed by atoms with Crippen LogP contribution >= 0.6 is 11.6 Å². The zero-order chi connectivity index (χ0) is 22.5. The minimum absolute atomic E-state index is 0.0573. The van der Waals surface area contributed by atoms with Crippen molar-refractivity contribution in [2.45, 2.75) is 17.7 Å². The van der Waals surface area contributed by atoms with Gasteiger partial charge in [0, 0.05) is 18.8 Å². The van der Waals surface area contributed by atoms with Gasteiger partial charge in [0.05, 0.1) is 22.1 Å². The lowest BCUT2D eigenvalue weighted by Crippen LogP contribution is -2.28. The summed E-state index contributed by atoms with van der Waals surface area (Å²) in [4.78, 5) is 28.0. The number of hydrogen-bond donors (Lipinski definition) is 2. The molecule has 5 rings (SSSR count). The first-order valence-corrected chi connectivity index (χ1v) is 11.8. The molecule has 1 aliphatic rings. The van der Waals surface area contributed by atoms with E-state index < -0.39 is 15.9 Å². The topological polar surface area (TPSA) is 117 Å². The van der Waals surface area contributed by atoms with E-state index in [2.05, 4.69) is 15.4 Å². The van der Waals surface area contributed by atoms with Crippen molar-refractivity contribution < 1.29 is 13.2 Å². The average molecular weight is 472 g/mol. The highest BCUT2D eigenvalue weighted by molar-refractivity contribution is 7.89. The molecule has 1 fully saturated rings. The largest absolute Gasteiger partial charge is 0.322 e. The Labute approximate surface area is 187 Å². The highest BCUT2D eigenvalue weighted by atomic mass is 35.5. The molecule has 9 nitrogen and oxygen atoms in total. The fourth-order valence-electron chi connectivity index (χ4n) is 3.89. The molecule has 3 heterocycles. The van der Waals surface area contributed by atoms with Gasteiger partial charge in [-0.05, 0) is 43.2 Å². The quantitative estimate of drug-likeness (QED) is 0.474. The van der Waals surface area contributed by atoms with Crippen molar-refractivity contribution in [1.29, 1.82) is 0 Å². The minimum Gasteiger partial charge on any atom is -0.322 e. The summed E-state index contributed by atoms with van der Waals surface area (Å²) in [6.45, 7) is 0.887. The number of aromatic amines is 1. The van der Waals surface area contributed by atoms with E-state index in [-0.39, 0.29) is 32.4 Å². The predicted octanol–water partition coefficient (Wildman–Crippen LogP) is 2.87. The molecule has 32 heavy (non-hydrogen) atoms. The lowest BCUT2D eigenvalue weighted by molar-refractivity contribution is 0.102. The summed E-state index contributed by atoms with van der Waals surface area (Å²) in [5.74, 6) is -0.544. The minimum atomic E-state index is -3.76.